The predicted molar refractivity (Wildman–Crippen MR) is 131 cm³/mol. The highest BCUT2D eigenvalue weighted by molar-refractivity contribution is 14.0. The van der Waals surface area contributed by atoms with Crippen molar-refractivity contribution in [1.82, 2.24) is 20.4 Å². The Labute approximate surface area is 196 Å². The van der Waals surface area contributed by atoms with Crippen molar-refractivity contribution >= 4 is 29.9 Å². The average molecular weight is 527 g/mol. The molecule has 7 nitrogen and oxygen atoms in total. The maximum absolute atomic E-state index is 5.90. The second-order valence-corrected chi connectivity index (χ2v) is 7.09. The van der Waals surface area contributed by atoms with E-state index in [1.54, 1.807) is 6.20 Å². The molecule has 166 valence electrons. The summed E-state index contributed by atoms with van der Waals surface area (Å²) in [5, 5.41) is 11.0. The fourth-order valence-electron chi connectivity index (χ4n) is 3.25. The lowest BCUT2D eigenvalue weighted by atomic mass is 10.1. The summed E-state index contributed by atoms with van der Waals surface area (Å²) < 4.78 is 13.1. The van der Waals surface area contributed by atoms with E-state index in [2.05, 4.69) is 51.9 Å². The van der Waals surface area contributed by atoms with Gasteiger partial charge in [0.05, 0.1) is 11.8 Å². The van der Waals surface area contributed by atoms with Crippen LogP contribution in [0, 0.1) is 0 Å². The summed E-state index contributed by atoms with van der Waals surface area (Å²) in [6.07, 6.45) is 7.99. The molecular weight excluding hydrogens is 493 g/mol. The van der Waals surface area contributed by atoms with Crippen molar-refractivity contribution in [3.8, 4) is 5.69 Å². The van der Waals surface area contributed by atoms with E-state index in [9.17, 15) is 0 Å². The Morgan fingerprint density at radius 2 is 2.03 bits per heavy atom. The molecule has 1 aliphatic heterocycles. The molecule has 0 bridgehead atoms. The Morgan fingerprint density at radius 3 is 2.73 bits per heavy atom. The molecule has 1 fully saturated rings. The number of nitrogens with zero attached hydrogens (tertiary/aromatic N) is 3. The van der Waals surface area contributed by atoms with Gasteiger partial charge in [0.15, 0.2) is 5.96 Å². The zero-order chi connectivity index (χ0) is 20.2. The first-order chi connectivity index (χ1) is 14.3. The highest BCUT2D eigenvalue weighted by atomic mass is 127. The highest BCUT2D eigenvalue weighted by Crippen LogP contribution is 2.11. The van der Waals surface area contributed by atoms with Crippen molar-refractivity contribution in [3.05, 3.63) is 48.3 Å². The molecule has 30 heavy (non-hydrogen) atoms. The molecule has 2 aromatic rings. The maximum Gasteiger partial charge on any atom is 0.191 e. The molecule has 0 saturated carbocycles. The van der Waals surface area contributed by atoms with Crippen LogP contribution < -0.4 is 10.6 Å². The molecule has 0 spiro atoms. The van der Waals surface area contributed by atoms with E-state index in [-0.39, 0.29) is 24.0 Å². The summed E-state index contributed by atoms with van der Waals surface area (Å²) in [6, 6.07) is 10.4. The van der Waals surface area contributed by atoms with E-state index in [0.717, 1.165) is 76.8 Å². The number of ether oxygens (including phenoxy) is 2. The van der Waals surface area contributed by atoms with Crippen LogP contribution in [-0.2, 0) is 15.9 Å². The molecule has 1 aromatic heterocycles. The topological polar surface area (TPSA) is 72.7 Å². The number of halogens is 1. The van der Waals surface area contributed by atoms with Crippen LogP contribution in [0.25, 0.3) is 5.69 Å². The van der Waals surface area contributed by atoms with Crippen LogP contribution in [0.5, 0.6) is 0 Å². The van der Waals surface area contributed by atoms with E-state index in [1.807, 2.05) is 16.9 Å². The third-order valence-corrected chi connectivity index (χ3v) is 4.85. The Kier molecular flexibility index (Phi) is 11.8. The van der Waals surface area contributed by atoms with Crippen LogP contribution in [0.1, 0.15) is 31.7 Å². The molecule has 0 aliphatic carbocycles. The lowest BCUT2D eigenvalue weighted by Crippen LogP contribution is -2.38. The van der Waals surface area contributed by atoms with Gasteiger partial charge in [-0.05, 0) is 56.4 Å². The monoisotopic (exact) mass is 527 g/mol. The summed E-state index contributed by atoms with van der Waals surface area (Å²) in [6.45, 7) is 6.94. The van der Waals surface area contributed by atoms with Crippen molar-refractivity contribution in [3.63, 3.8) is 0 Å². The van der Waals surface area contributed by atoms with Crippen LogP contribution >= 0.6 is 24.0 Å². The van der Waals surface area contributed by atoms with Crippen LogP contribution in [0.4, 0.5) is 0 Å². The summed E-state index contributed by atoms with van der Waals surface area (Å²) in [5.41, 5.74) is 2.36. The van der Waals surface area contributed by atoms with E-state index in [4.69, 9.17) is 9.47 Å². The predicted octanol–water partition coefficient (Wildman–Crippen LogP) is 3.17. The van der Waals surface area contributed by atoms with Gasteiger partial charge >= 0.3 is 0 Å². The minimum absolute atomic E-state index is 0. The van der Waals surface area contributed by atoms with Crippen LogP contribution in [-0.4, -0.2) is 61.3 Å². The summed E-state index contributed by atoms with van der Waals surface area (Å²) >= 11 is 0. The number of hydrogen-bond donors (Lipinski definition) is 2. The Morgan fingerprint density at radius 1 is 1.23 bits per heavy atom. The van der Waals surface area contributed by atoms with E-state index < -0.39 is 0 Å². The number of guanidine groups is 1. The molecule has 2 N–H and O–H groups in total. The number of nitrogens with one attached hydrogen (secondary N) is 2. The smallest absolute Gasteiger partial charge is 0.191 e. The zero-order valence-electron chi connectivity index (χ0n) is 17.8. The van der Waals surface area contributed by atoms with Crippen LogP contribution in [0.15, 0.2) is 47.7 Å². The van der Waals surface area contributed by atoms with Gasteiger partial charge < -0.3 is 20.1 Å². The second-order valence-electron chi connectivity index (χ2n) is 7.09. The van der Waals surface area contributed by atoms with Gasteiger partial charge in [0.1, 0.15) is 0 Å². The SMILES string of the molecule is CCNC(=NCCCOC1CCOCC1)NCCc1ccc(-n2cccn2)cc1.I. The van der Waals surface area contributed by atoms with E-state index in [1.165, 1.54) is 5.56 Å². The van der Waals surface area contributed by atoms with Crippen molar-refractivity contribution in [2.45, 2.75) is 38.7 Å². The van der Waals surface area contributed by atoms with E-state index >= 15 is 0 Å². The average Bonchev–Trinajstić information content (AvgIpc) is 3.30. The first-order valence-corrected chi connectivity index (χ1v) is 10.7. The Bertz CT molecular complexity index is 716. The minimum Gasteiger partial charge on any atom is -0.381 e. The lowest BCUT2D eigenvalue weighted by molar-refractivity contribution is -0.0318. The summed E-state index contributed by atoms with van der Waals surface area (Å²) in [5.74, 6) is 0.867. The maximum atomic E-state index is 5.90. The van der Waals surface area contributed by atoms with Gasteiger partial charge in [-0.25, -0.2) is 4.68 Å². The quantitative estimate of drug-likeness (QED) is 0.215. The number of aliphatic imine (C=N–C) groups is 1. The third-order valence-electron chi connectivity index (χ3n) is 4.85. The summed E-state index contributed by atoms with van der Waals surface area (Å²) in [7, 11) is 0. The molecule has 0 unspecified atom stereocenters. The first-order valence-electron chi connectivity index (χ1n) is 10.7. The van der Waals surface area contributed by atoms with Crippen LogP contribution in [0.2, 0.25) is 0 Å². The molecule has 3 rings (SSSR count). The lowest BCUT2D eigenvalue weighted by Gasteiger charge is -2.22. The number of aromatic nitrogens is 2. The van der Waals surface area contributed by atoms with Gasteiger partial charge in [-0.2, -0.15) is 5.10 Å². The molecule has 0 amide bonds. The third kappa shape index (κ3) is 8.61. The Hall–Kier alpha value is -1.65. The molecular formula is C22H34IN5O2. The van der Waals surface area contributed by atoms with Gasteiger partial charge in [-0.3, -0.25) is 4.99 Å². The fourth-order valence-corrected chi connectivity index (χ4v) is 3.25. The van der Waals surface area contributed by atoms with Gasteiger partial charge in [0, 0.05) is 51.8 Å². The number of benzene rings is 1. The fraction of sp³-hybridized carbons (Fsp3) is 0.545. The highest BCUT2D eigenvalue weighted by Gasteiger charge is 2.13. The van der Waals surface area contributed by atoms with Gasteiger partial charge in [-0.15, -0.1) is 24.0 Å². The van der Waals surface area contributed by atoms with Gasteiger partial charge in [-0.1, -0.05) is 12.1 Å². The molecule has 1 aliphatic rings. The van der Waals surface area contributed by atoms with E-state index in [0.29, 0.717) is 6.10 Å². The zero-order valence-corrected chi connectivity index (χ0v) is 20.1. The molecule has 1 aromatic carbocycles. The first kappa shape index (κ1) is 24.6. The summed E-state index contributed by atoms with van der Waals surface area (Å²) in [4.78, 5) is 4.65. The minimum atomic E-state index is 0. The van der Waals surface area contributed by atoms with Crippen LogP contribution in [0.3, 0.4) is 0 Å². The van der Waals surface area contributed by atoms with Crippen molar-refractivity contribution < 1.29 is 9.47 Å². The molecule has 8 heteroatoms. The molecule has 0 radical (unpaired) electrons. The number of hydrogen-bond acceptors (Lipinski definition) is 4. The second kappa shape index (κ2) is 14.4. The number of rotatable bonds is 10. The van der Waals surface area contributed by atoms with Crippen molar-refractivity contribution in [2.24, 2.45) is 4.99 Å². The normalized spacial score (nSPS) is 14.9. The van der Waals surface area contributed by atoms with Crippen molar-refractivity contribution in [1.29, 1.82) is 0 Å². The molecule has 2 heterocycles. The largest absolute Gasteiger partial charge is 0.381 e. The molecule has 0 atom stereocenters. The Balaban J connectivity index is 0.00000320. The molecule has 1 saturated heterocycles. The standard InChI is InChI=1S/C22H33N5O2.HI/c1-2-23-22(24-12-4-16-29-21-10-17-28-18-11-21)25-14-9-19-5-7-20(8-6-19)27-15-3-13-26-27;/h3,5-8,13,15,21H,2,4,9-12,14,16-18H2,1H3,(H2,23,24,25);1H. The van der Waals surface area contributed by atoms with Gasteiger partial charge in [0.25, 0.3) is 0 Å². The van der Waals surface area contributed by atoms with Gasteiger partial charge in [0.2, 0.25) is 0 Å². The van der Waals surface area contributed by atoms with Crippen molar-refractivity contribution in [2.75, 3.05) is 39.5 Å².